The van der Waals surface area contributed by atoms with Crippen molar-refractivity contribution >= 4 is 23.4 Å². The maximum Gasteiger partial charge on any atom is 0.340 e. The van der Waals surface area contributed by atoms with Crippen LogP contribution in [0.2, 0.25) is 0 Å². The number of anilines is 1. The zero-order valence-corrected chi connectivity index (χ0v) is 16.7. The number of non-ortho nitro benzene ring substituents is 1. The smallest absolute Gasteiger partial charge is 0.340 e. The topological polar surface area (TPSA) is 114 Å². The molecule has 1 saturated heterocycles. The maximum absolute atomic E-state index is 12.3. The van der Waals surface area contributed by atoms with Gasteiger partial charge in [0.05, 0.1) is 23.3 Å². The molecule has 1 aromatic rings. The first-order chi connectivity index (χ1) is 14.0. The monoisotopic (exact) mass is 404 g/mol. The number of esters is 1. The zero-order chi connectivity index (χ0) is 20.8. The predicted octanol–water partition coefficient (Wildman–Crippen LogP) is 2.98. The quantitative estimate of drug-likeness (QED) is 0.443. The molecule has 0 bridgehead atoms. The summed E-state index contributed by atoms with van der Waals surface area (Å²) in [4.78, 5) is 36.9. The Morgan fingerprint density at radius 2 is 1.69 bits per heavy atom. The molecule has 29 heavy (non-hydrogen) atoms. The van der Waals surface area contributed by atoms with E-state index >= 15 is 0 Å². The molecule has 1 aromatic carbocycles. The van der Waals surface area contributed by atoms with Crippen molar-refractivity contribution < 1.29 is 19.2 Å². The molecule has 1 aliphatic carbocycles. The lowest BCUT2D eigenvalue weighted by molar-refractivity contribution is -0.384. The number of methoxy groups -OCH3 is 1. The second-order valence-corrected chi connectivity index (χ2v) is 7.66. The van der Waals surface area contributed by atoms with Gasteiger partial charge in [0.2, 0.25) is 0 Å². The van der Waals surface area contributed by atoms with Crippen LogP contribution in [0.15, 0.2) is 18.2 Å². The highest BCUT2D eigenvalue weighted by Crippen LogP contribution is 2.28. The second-order valence-electron chi connectivity index (χ2n) is 7.66. The van der Waals surface area contributed by atoms with E-state index in [4.69, 9.17) is 4.74 Å². The van der Waals surface area contributed by atoms with Crippen molar-refractivity contribution in [2.45, 2.75) is 57.0 Å². The molecule has 1 heterocycles. The first-order valence-electron chi connectivity index (χ1n) is 10.2. The Labute approximate surface area is 169 Å². The third-order valence-corrected chi connectivity index (χ3v) is 5.71. The first kappa shape index (κ1) is 20.9. The lowest BCUT2D eigenvalue weighted by Gasteiger charge is -2.35. The van der Waals surface area contributed by atoms with Crippen molar-refractivity contribution in [1.29, 1.82) is 0 Å². The largest absolute Gasteiger partial charge is 0.465 e. The molecular weight excluding hydrogens is 376 g/mol. The number of nitro benzene ring substituents is 1. The highest BCUT2D eigenvalue weighted by Gasteiger charge is 2.26. The van der Waals surface area contributed by atoms with Gasteiger partial charge in [-0.3, -0.25) is 10.1 Å². The zero-order valence-electron chi connectivity index (χ0n) is 16.7. The van der Waals surface area contributed by atoms with E-state index in [0.717, 1.165) is 25.7 Å². The number of hydrogen-bond acceptors (Lipinski definition) is 6. The normalized spacial score (nSPS) is 18.2. The van der Waals surface area contributed by atoms with Crippen LogP contribution in [0, 0.1) is 10.1 Å². The van der Waals surface area contributed by atoms with Crippen LogP contribution in [-0.4, -0.2) is 49.2 Å². The van der Waals surface area contributed by atoms with Gasteiger partial charge in [0.1, 0.15) is 0 Å². The van der Waals surface area contributed by atoms with Gasteiger partial charge in [-0.2, -0.15) is 0 Å². The predicted molar refractivity (Wildman–Crippen MR) is 108 cm³/mol. The summed E-state index contributed by atoms with van der Waals surface area (Å²) in [6.07, 6.45) is 7.13. The number of benzene rings is 1. The highest BCUT2D eigenvalue weighted by molar-refractivity contribution is 5.96. The van der Waals surface area contributed by atoms with Gasteiger partial charge in [-0.25, -0.2) is 9.59 Å². The standard InChI is InChI=1S/C20H28N4O5/c1-29-19(25)17-13-16(24(27)28)7-8-18(17)23-11-9-15(10-12-23)22-20(26)21-14-5-3-2-4-6-14/h7-8,13-15H,2-6,9-12H2,1H3,(H2,21,22,26). The number of carbonyl (C=O) groups is 2. The summed E-state index contributed by atoms with van der Waals surface area (Å²) in [6.45, 7) is 1.27. The van der Waals surface area contributed by atoms with Gasteiger partial charge in [0, 0.05) is 37.3 Å². The van der Waals surface area contributed by atoms with Gasteiger partial charge >= 0.3 is 12.0 Å². The molecular formula is C20H28N4O5. The number of ether oxygens (including phenoxy) is 1. The van der Waals surface area contributed by atoms with E-state index < -0.39 is 10.9 Å². The highest BCUT2D eigenvalue weighted by atomic mass is 16.6. The third kappa shape index (κ3) is 5.36. The molecule has 0 atom stereocenters. The molecule has 9 heteroatoms. The van der Waals surface area contributed by atoms with E-state index in [0.29, 0.717) is 18.8 Å². The first-order valence-corrected chi connectivity index (χ1v) is 10.2. The molecule has 3 rings (SSSR count). The minimum atomic E-state index is -0.601. The van der Waals surface area contributed by atoms with Crippen molar-refractivity contribution in [2.24, 2.45) is 0 Å². The number of hydrogen-bond donors (Lipinski definition) is 2. The molecule has 0 radical (unpaired) electrons. The Balaban J connectivity index is 1.58. The molecule has 2 aliphatic rings. The number of piperidine rings is 1. The summed E-state index contributed by atoms with van der Waals surface area (Å²) >= 11 is 0. The van der Waals surface area contributed by atoms with E-state index in [1.54, 1.807) is 6.07 Å². The molecule has 9 nitrogen and oxygen atoms in total. The van der Waals surface area contributed by atoms with Crippen LogP contribution < -0.4 is 15.5 Å². The number of amides is 2. The van der Waals surface area contributed by atoms with E-state index in [1.807, 2.05) is 4.90 Å². The van der Waals surface area contributed by atoms with Crippen molar-refractivity contribution in [2.75, 3.05) is 25.1 Å². The fraction of sp³-hybridized carbons (Fsp3) is 0.600. The molecule has 158 valence electrons. The molecule has 0 unspecified atom stereocenters. The lowest BCUT2D eigenvalue weighted by Crippen LogP contribution is -2.50. The summed E-state index contributed by atoms with van der Waals surface area (Å²) in [7, 11) is 1.26. The fourth-order valence-electron chi connectivity index (χ4n) is 4.11. The maximum atomic E-state index is 12.3. The molecule has 2 N–H and O–H groups in total. The Morgan fingerprint density at radius 1 is 1.07 bits per heavy atom. The number of carbonyl (C=O) groups excluding carboxylic acids is 2. The molecule has 0 spiro atoms. The van der Waals surface area contributed by atoms with Crippen LogP contribution >= 0.6 is 0 Å². The molecule has 0 aromatic heterocycles. The van der Waals surface area contributed by atoms with E-state index in [-0.39, 0.29) is 29.4 Å². The average Bonchev–Trinajstić information content (AvgIpc) is 2.74. The minimum Gasteiger partial charge on any atom is -0.465 e. The van der Waals surface area contributed by atoms with Crippen LogP contribution in [0.25, 0.3) is 0 Å². The van der Waals surface area contributed by atoms with Crippen molar-refractivity contribution in [3.8, 4) is 0 Å². The average molecular weight is 404 g/mol. The van der Waals surface area contributed by atoms with Gasteiger partial charge in [0.15, 0.2) is 0 Å². The van der Waals surface area contributed by atoms with Crippen LogP contribution in [0.5, 0.6) is 0 Å². The number of nitrogens with zero attached hydrogens (tertiary/aromatic N) is 2. The van der Waals surface area contributed by atoms with Gasteiger partial charge in [-0.1, -0.05) is 19.3 Å². The minimum absolute atomic E-state index is 0.0643. The summed E-state index contributed by atoms with van der Waals surface area (Å²) in [5.41, 5.74) is 0.654. The number of nitro groups is 1. The summed E-state index contributed by atoms with van der Waals surface area (Å²) < 4.78 is 4.79. The Kier molecular flexibility index (Phi) is 6.90. The molecule has 1 saturated carbocycles. The second kappa shape index (κ2) is 9.58. The number of rotatable bonds is 5. The molecule has 2 fully saturated rings. The third-order valence-electron chi connectivity index (χ3n) is 5.71. The lowest BCUT2D eigenvalue weighted by atomic mass is 9.96. The van der Waals surface area contributed by atoms with E-state index in [1.165, 1.54) is 38.5 Å². The van der Waals surface area contributed by atoms with Crippen LogP contribution in [0.1, 0.15) is 55.3 Å². The van der Waals surface area contributed by atoms with Crippen LogP contribution in [0.3, 0.4) is 0 Å². The van der Waals surface area contributed by atoms with Gasteiger partial charge < -0.3 is 20.3 Å². The van der Waals surface area contributed by atoms with Crippen molar-refractivity contribution in [3.63, 3.8) is 0 Å². The summed E-state index contributed by atoms with van der Waals surface area (Å²) in [5, 5.41) is 17.2. The van der Waals surface area contributed by atoms with E-state index in [9.17, 15) is 19.7 Å². The number of nitrogens with one attached hydrogen (secondary N) is 2. The Hall–Kier alpha value is -2.84. The summed E-state index contributed by atoms with van der Waals surface area (Å²) in [6, 6.07) is 4.46. The van der Waals surface area contributed by atoms with Gasteiger partial charge in [-0.15, -0.1) is 0 Å². The number of urea groups is 1. The fourth-order valence-corrected chi connectivity index (χ4v) is 4.11. The van der Waals surface area contributed by atoms with Gasteiger partial charge in [0.25, 0.3) is 5.69 Å². The van der Waals surface area contributed by atoms with Crippen molar-refractivity contribution in [3.05, 3.63) is 33.9 Å². The van der Waals surface area contributed by atoms with Crippen molar-refractivity contribution in [1.82, 2.24) is 10.6 Å². The Bertz CT molecular complexity index is 755. The van der Waals surface area contributed by atoms with Crippen LogP contribution in [-0.2, 0) is 4.74 Å². The molecule has 2 amide bonds. The van der Waals surface area contributed by atoms with E-state index in [2.05, 4.69) is 10.6 Å². The van der Waals surface area contributed by atoms with Gasteiger partial charge in [-0.05, 0) is 31.7 Å². The summed E-state index contributed by atoms with van der Waals surface area (Å²) in [5.74, 6) is -0.601. The molecule has 1 aliphatic heterocycles. The van der Waals surface area contributed by atoms with Crippen LogP contribution in [0.4, 0.5) is 16.2 Å². The SMILES string of the molecule is COC(=O)c1cc([N+](=O)[O-])ccc1N1CCC(NC(=O)NC2CCCCC2)CC1. The Morgan fingerprint density at radius 3 is 2.28 bits per heavy atom.